The topological polar surface area (TPSA) is 224 Å². The van der Waals surface area contributed by atoms with Crippen LogP contribution in [0.2, 0.25) is 0 Å². The number of benzene rings is 3. The number of rotatable bonds is 13. The third-order valence-electron chi connectivity index (χ3n) is 11.1. The molecule has 1 atom stereocenters. The lowest BCUT2D eigenvalue weighted by atomic mass is 9.98. The molecule has 4 aromatic rings. The van der Waals surface area contributed by atoms with E-state index in [0.29, 0.717) is 53.9 Å². The Kier molecular flexibility index (Phi) is 12.4. The summed E-state index contributed by atoms with van der Waals surface area (Å²) in [5.74, 6) is -1.59. The van der Waals surface area contributed by atoms with Crippen LogP contribution in [0, 0.1) is 11.3 Å². The number of phenols is 2. The summed E-state index contributed by atoms with van der Waals surface area (Å²) in [6, 6.07) is 13.3. The van der Waals surface area contributed by atoms with Gasteiger partial charge in [0.15, 0.2) is 0 Å². The van der Waals surface area contributed by atoms with E-state index in [4.69, 9.17) is 15.9 Å². The molecule has 0 spiro atoms. The molecule has 2 aliphatic rings. The van der Waals surface area contributed by atoms with Crippen molar-refractivity contribution in [3.05, 3.63) is 82.5 Å². The van der Waals surface area contributed by atoms with E-state index < -0.39 is 24.1 Å². The SMILES string of the molecule is CCCC(C(=O)NC=O)N1Cc2c(NC(=O)OCC3CCN(Cc4cc5cc(N(C(=N)c6cc(C(C)C)c(O)cc6O)C(N)=O)ccc5n4C)CC3)cccc2C1=O. The number of imide groups is 1. The Morgan fingerprint density at radius 1 is 1.07 bits per heavy atom. The van der Waals surface area contributed by atoms with Crippen molar-refractivity contribution >= 4 is 58.5 Å². The van der Waals surface area contributed by atoms with Crippen LogP contribution in [-0.4, -0.2) is 86.5 Å². The molecule has 1 aromatic heterocycles. The van der Waals surface area contributed by atoms with E-state index in [1.165, 1.54) is 17.0 Å². The molecule has 58 heavy (non-hydrogen) atoms. The largest absolute Gasteiger partial charge is 0.508 e. The van der Waals surface area contributed by atoms with Crippen molar-refractivity contribution in [1.82, 2.24) is 19.7 Å². The highest BCUT2D eigenvalue weighted by Crippen LogP contribution is 2.35. The lowest BCUT2D eigenvalue weighted by molar-refractivity contribution is -0.129. The number of piperidine rings is 1. The second-order valence-electron chi connectivity index (χ2n) is 15.2. The highest BCUT2D eigenvalue weighted by atomic mass is 16.5. The fourth-order valence-electron chi connectivity index (χ4n) is 7.88. The molecule has 16 heteroatoms. The first-order valence-corrected chi connectivity index (χ1v) is 19.4. The fraction of sp³-hybridized carbons (Fsp3) is 0.381. The first-order chi connectivity index (χ1) is 27.7. The Bertz CT molecular complexity index is 2260. The quantitative estimate of drug-likeness (QED) is 0.0572. The number of fused-ring (bicyclic) bond motifs is 2. The minimum absolute atomic E-state index is 0.0644. The number of carbonyl (C=O) groups excluding carboxylic acids is 5. The number of nitrogens with one attached hydrogen (secondary N) is 3. The molecule has 0 aliphatic carbocycles. The second-order valence-corrected chi connectivity index (χ2v) is 15.2. The molecule has 0 saturated carbocycles. The number of carbonyl (C=O) groups is 5. The molecule has 3 aromatic carbocycles. The normalized spacial score (nSPS) is 15.0. The molecule has 7 N–H and O–H groups in total. The van der Waals surface area contributed by atoms with Gasteiger partial charge < -0.3 is 30.2 Å². The van der Waals surface area contributed by atoms with Crippen molar-refractivity contribution in [2.45, 2.75) is 71.5 Å². The van der Waals surface area contributed by atoms with Gasteiger partial charge in [0.25, 0.3) is 5.91 Å². The first-order valence-electron chi connectivity index (χ1n) is 19.4. The Morgan fingerprint density at radius 2 is 1.81 bits per heavy atom. The average molecular weight is 795 g/mol. The van der Waals surface area contributed by atoms with Crippen molar-refractivity contribution in [2.24, 2.45) is 18.7 Å². The first kappa shape index (κ1) is 41.2. The number of hydrogen-bond donors (Lipinski definition) is 6. The summed E-state index contributed by atoms with van der Waals surface area (Å²) >= 11 is 0. The van der Waals surface area contributed by atoms with Gasteiger partial charge in [0.05, 0.1) is 17.9 Å². The summed E-state index contributed by atoms with van der Waals surface area (Å²) in [5.41, 5.74) is 10.1. The number of nitrogens with zero attached hydrogens (tertiary/aromatic N) is 4. The summed E-state index contributed by atoms with van der Waals surface area (Å²) in [5, 5.41) is 35.5. The molecule has 2 aliphatic heterocycles. The molecular weight excluding hydrogens is 745 g/mol. The minimum atomic E-state index is -0.893. The molecule has 1 fully saturated rings. The van der Waals surface area contributed by atoms with Gasteiger partial charge in [-0.15, -0.1) is 0 Å². The zero-order valence-corrected chi connectivity index (χ0v) is 33.1. The molecule has 6 amide bonds. The highest BCUT2D eigenvalue weighted by Gasteiger charge is 2.37. The monoisotopic (exact) mass is 794 g/mol. The van der Waals surface area contributed by atoms with Gasteiger partial charge in [-0.05, 0) is 92.2 Å². The average Bonchev–Trinajstić information content (AvgIpc) is 3.68. The van der Waals surface area contributed by atoms with E-state index in [-0.39, 0.29) is 53.8 Å². The number of primary amides is 1. The van der Waals surface area contributed by atoms with Gasteiger partial charge >= 0.3 is 12.1 Å². The van der Waals surface area contributed by atoms with Crippen molar-refractivity contribution in [3.8, 4) is 11.5 Å². The second kappa shape index (κ2) is 17.4. The number of aromatic hydroxyl groups is 2. The van der Waals surface area contributed by atoms with Crippen LogP contribution in [0.25, 0.3) is 10.9 Å². The van der Waals surface area contributed by atoms with Crippen LogP contribution in [0.15, 0.2) is 54.6 Å². The number of hydrogen-bond acceptors (Lipinski definition) is 10. The van der Waals surface area contributed by atoms with Crippen molar-refractivity contribution < 1.29 is 38.9 Å². The molecule has 3 heterocycles. The number of amidine groups is 1. The summed E-state index contributed by atoms with van der Waals surface area (Å²) in [6.45, 7) is 8.20. The third-order valence-corrected chi connectivity index (χ3v) is 11.1. The summed E-state index contributed by atoms with van der Waals surface area (Å²) in [7, 11) is 1.97. The van der Waals surface area contributed by atoms with Gasteiger partial charge in [0.2, 0.25) is 12.3 Å². The van der Waals surface area contributed by atoms with Crippen molar-refractivity contribution in [3.63, 3.8) is 0 Å². The minimum Gasteiger partial charge on any atom is -0.508 e. The lowest BCUT2D eigenvalue weighted by Crippen LogP contribution is -2.46. The van der Waals surface area contributed by atoms with E-state index in [0.717, 1.165) is 47.4 Å². The van der Waals surface area contributed by atoms with Crippen LogP contribution in [0.1, 0.15) is 85.1 Å². The number of aromatic nitrogens is 1. The smallest absolute Gasteiger partial charge is 0.411 e. The van der Waals surface area contributed by atoms with Crippen LogP contribution in [-0.2, 0) is 34.5 Å². The molecule has 1 saturated heterocycles. The van der Waals surface area contributed by atoms with E-state index >= 15 is 0 Å². The Hall–Kier alpha value is -6.42. The number of anilines is 2. The predicted octanol–water partition coefficient (Wildman–Crippen LogP) is 5.48. The Morgan fingerprint density at radius 3 is 2.48 bits per heavy atom. The molecular formula is C42H50N8O8. The standard InChI is InChI=1S/C42H50N8O8/c1-5-7-35(39(54)45-23-51)49-21-32-29(40(49)55)8-6-9-33(32)46-42(57)58-22-25-12-14-48(15-13-25)20-28-17-26-16-27(10-11-34(26)47(28)4)50(41(44)56)38(43)31-18-30(24(2)3)36(52)19-37(31)53/h6,8-11,16-19,23-25,35,43,52-53H,5,7,12-15,20-22H2,1-4H3,(H2,44,56)(H,46,57)(H,45,51,54). The van der Waals surface area contributed by atoms with Crippen LogP contribution in [0.3, 0.4) is 0 Å². The molecule has 0 radical (unpaired) electrons. The van der Waals surface area contributed by atoms with Crippen molar-refractivity contribution in [1.29, 1.82) is 5.41 Å². The van der Waals surface area contributed by atoms with Gasteiger partial charge in [-0.1, -0.05) is 33.3 Å². The number of ether oxygens (including phenoxy) is 1. The van der Waals surface area contributed by atoms with Gasteiger partial charge in [-0.3, -0.25) is 35.3 Å². The molecule has 16 nitrogen and oxygen atoms in total. The van der Waals surface area contributed by atoms with Gasteiger partial charge in [0.1, 0.15) is 23.4 Å². The van der Waals surface area contributed by atoms with Crippen LogP contribution >= 0.6 is 0 Å². The maximum atomic E-state index is 13.2. The number of aryl methyl sites for hydroxylation is 1. The van der Waals surface area contributed by atoms with Crippen LogP contribution < -0.4 is 21.3 Å². The third kappa shape index (κ3) is 8.46. The number of amides is 6. The summed E-state index contributed by atoms with van der Waals surface area (Å²) in [4.78, 5) is 67.2. The fourth-order valence-corrected chi connectivity index (χ4v) is 7.88. The lowest BCUT2D eigenvalue weighted by Gasteiger charge is -2.31. The van der Waals surface area contributed by atoms with Crippen LogP contribution in [0.5, 0.6) is 11.5 Å². The number of likely N-dealkylation sites (tertiary alicyclic amines) is 1. The molecule has 306 valence electrons. The van der Waals surface area contributed by atoms with E-state index in [9.17, 15) is 34.2 Å². The Balaban J connectivity index is 1.04. The summed E-state index contributed by atoms with van der Waals surface area (Å²) in [6.07, 6.45) is 2.30. The zero-order chi connectivity index (χ0) is 41.8. The van der Waals surface area contributed by atoms with Gasteiger partial charge in [0, 0.05) is 59.6 Å². The van der Waals surface area contributed by atoms with Crippen molar-refractivity contribution in [2.75, 3.05) is 29.9 Å². The van der Waals surface area contributed by atoms with Gasteiger partial charge in [-0.25, -0.2) is 14.5 Å². The number of phenolic OH excluding ortho intramolecular Hbond substituents is 2. The molecule has 6 rings (SSSR count). The number of nitrogens with two attached hydrogens (primary N) is 1. The molecule has 1 unspecified atom stereocenters. The Labute approximate surface area is 336 Å². The van der Waals surface area contributed by atoms with Gasteiger partial charge in [-0.2, -0.15) is 0 Å². The molecule has 0 bridgehead atoms. The highest BCUT2D eigenvalue weighted by molar-refractivity contribution is 6.22. The van der Waals surface area contributed by atoms with E-state index in [1.54, 1.807) is 30.3 Å². The number of urea groups is 1. The zero-order valence-electron chi connectivity index (χ0n) is 33.1. The predicted molar refractivity (Wildman–Crippen MR) is 218 cm³/mol. The van der Waals surface area contributed by atoms with Crippen LogP contribution in [0.4, 0.5) is 21.0 Å². The maximum Gasteiger partial charge on any atom is 0.411 e. The van der Waals surface area contributed by atoms with E-state index in [1.807, 2.05) is 40.0 Å². The maximum absolute atomic E-state index is 13.2. The van der Waals surface area contributed by atoms with E-state index in [2.05, 4.69) is 20.1 Å². The summed E-state index contributed by atoms with van der Waals surface area (Å²) < 4.78 is 7.72.